The van der Waals surface area contributed by atoms with Crippen molar-refractivity contribution in [3.63, 3.8) is 0 Å². The highest BCUT2D eigenvalue weighted by atomic mass is 16.4. The van der Waals surface area contributed by atoms with Gasteiger partial charge in [0.2, 0.25) is 5.91 Å². The third-order valence-corrected chi connectivity index (χ3v) is 2.29. The Morgan fingerprint density at radius 1 is 0.941 bits per heavy atom. The number of amides is 1. The van der Waals surface area contributed by atoms with Gasteiger partial charge in [-0.1, -0.05) is 13.3 Å². The molecule has 0 aliphatic heterocycles. The molecule has 0 unspecified atom stereocenters. The molecule has 0 saturated carbocycles. The van der Waals surface area contributed by atoms with E-state index in [4.69, 9.17) is 10.2 Å². The number of carboxylic acid groups (broad SMARTS) is 2. The number of carbonyl (C=O) groups is 3. The van der Waals surface area contributed by atoms with Gasteiger partial charge in [0.15, 0.2) is 0 Å². The van der Waals surface area contributed by atoms with Crippen LogP contribution < -0.4 is 0 Å². The highest BCUT2D eigenvalue weighted by molar-refractivity contribution is 5.77. The Bertz CT molecular complexity index is 259. The summed E-state index contributed by atoms with van der Waals surface area (Å²) in [5.41, 5.74) is 0. The van der Waals surface area contributed by atoms with Crippen molar-refractivity contribution >= 4 is 17.8 Å². The standard InChI is InChI=1S/C11H19NO5/c1-2-3-4-9(13)12(7-5-10(14)15)8-6-11(16)17/h2-8H2,1H3,(H,14,15)(H,16,17). The van der Waals surface area contributed by atoms with Crippen molar-refractivity contribution in [2.24, 2.45) is 0 Å². The minimum atomic E-state index is -0.992. The molecule has 0 aromatic rings. The highest BCUT2D eigenvalue weighted by Crippen LogP contribution is 2.03. The smallest absolute Gasteiger partial charge is 0.305 e. The summed E-state index contributed by atoms with van der Waals surface area (Å²) in [5, 5.41) is 17.1. The summed E-state index contributed by atoms with van der Waals surface area (Å²) in [4.78, 5) is 33.8. The number of unbranched alkanes of at least 4 members (excludes halogenated alkanes) is 1. The van der Waals surface area contributed by atoms with Crippen LogP contribution in [0.4, 0.5) is 0 Å². The fourth-order valence-electron chi connectivity index (χ4n) is 1.31. The summed E-state index contributed by atoms with van der Waals surface area (Å²) >= 11 is 0. The number of carboxylic acids is 2. The minimum Gasteiger partial charge on any atom is -0.481 e. The highest BCUT2D eigenvalue weighted by Gasteiger charge is 2.15. The average molecular weight is 245 g/mol. The second-order valence-corrected chi connectivity index (χ2v) is 3.77. The molecule has 0 aromatic heterocycles. The van der Waals surface area contributed by atoms with E-state index in [0.29, 0.717) is 6.42 Å². The second kappa shape index (κ2) is 8.55. The van der Waals surface area contributed by atoms with Gasteiger partial charge in [0.05, 0.1) is 12.8 Å². The van der Waals surface area contributed by atoms with Crippen molar-refractivity contribution < 1.29 is 24.6 Å². The van der Waals surface area contributed by atoms with Crippen LogP contribution in [0.3, 0.4) is 0 Å². The van der Waals surface area contributed by atoms with Gasteiger partial charge in [-0.25, -0.2) is 0 Å². The molecule has 0 aliphatic rings. The van der Waals surface area contributed by atoms with Gasteiger partial charge in [-0.05, 0) is 6.42 Å². The molecule has 0 rings (SSSR count). The summed E-state index contributed by atoms with van der Waals surface area (Å²) in [6, 6.07) is 0. The Labute approximate surface area is 100 Å². The average Bonchev–Trinajstić information content (AvgIpc) is 2.25. The first-order chi connectivity index (χ1) is 7.97. The van der Waals surface area contributed by atoms with E-state index in [9.17, 15) is 14.4 Å². The lowest BCUT2D eigenvalue weighted by atomic mass is 10.2. The normalized spacial score (nSPS) is 9.94. The number of rotatable bonds is 9. The summed E-state index contributed by atoms with van der Waals surface area (Å²) in [6.45, 7) is 2.10. The van der Waals surface area contributed by atoms with Crippen LogP contribution in [0.25, 0.3) is 0 Å². The maximum atomic E-state index is 11.7. The molecule has 2 N–H and O–H groups in total. The maximum Gasteiger partial charge on any atom is 0.305 e. The largest absolute Gasteiger partial charge is 0.481 e. The zero-order chi connectivity index (χ0) is 13.3. The van der Waals surface area contributed by atoms with Crippen LogP contribution >= 0.6 is 0 Å². The molecule has 0 fully saturated rings. The van der Waals surface area contributed by atoms with Crippen LogP contribution in [0.2, 0.25) is 0 Å². The van der Waals surface area contributed by atoms with Gasteiger partial charge in [0, 0.05) is 19.5 Å². The number of aliphatic carboxylic acids is 2. The molecule has 6 heteroatoms. The van der Waals surface area contributed by atoms with Crippen molar-refractivity contribution in [1.29, 1.82) is 0 Å². The van der Waals surface area contributed by atoms with E-state index >= 15 is 0 Å². The van der Waals surface area contributed by atoms with E-state index in [1.807, 2.05) is 6.92 Å². The van der Waals surface area contributed by atoms with Crippen LogP contribution in [0.5, 0.6) is 0 Å². The van der Waals surface area contributed by atoms with Gasteiger partial charge in [-0.2, -0.15) is 0 Å². The molecular formula is C11H19NO5. The first-order valence-corrected chi connectivity index (χ1v) is 5.68. The fourth-order valence-corrected chi connectivity index (χ4v) is 1.31. The second-order valence-electron chi connectivity index (χ2n) is 3.77. The monoisotopic (exact) mass is 245 g/mol. The first kappa shape index (κ1) is 15.4. The lowest BCUT2D eigenvalue weighted by Crippen LogP contribution is -2.34. The summed E-state index contributed by atoms with van der Waals surface area (Å²) in [7, 11) is 0. The van der Waals surface area contributed by atoms with E-state index in [1.165, 1.54) is 4.90 Å². The Hall–Kier alpha value is -1.59. The summed E-state index contributed by atoms with van der Waals surface area (Å²) in [5.74, 6) is -2.16. The molecule has 1 amide bonds. The van der Waals surface area contributed by atoms with E-state index in [1.54, 1.807) is 0 Å². The van der Waals surface area contributed by atoms with Crippen molar-refractivity contribution in [3.8, 4) is 0 Å². The summed E-state index contributed by atoms with van der Waals surface area (Å²) < 4.78 is 0. The van der Waals surface area contributed by atoms with Gasteiger partial charge < -0.3 is 15.1 Å². The van der Waals surface area contributed by atoms with Crippen LogP contribution in [-0.4, -0.2) is 46.0 Å². The molecule has 0 radical (unpaired) electrons. The van der Waals surface area contributed by atoms with Gasteiger partial charge in [0.25, 0.3) is 0 Å². The van der Waals surface area contributed by atoms with Crippen LogP contribution in [0.1, 0.15) is 39.0 Å². The molecule has 98 valence electrons. The van der Waals surface area contributed by atoms with Gasteiger partial charge in [-0.3, -0.25) is 14.4 Å². The quantitative estimate of drug-likeness (QED) is 0.630. The van der Waals surface area contributed by atoms with Gasteiger partial charge in [0.1, 0.15) is 0 Å². The topological polar surface area (TPSA) is 94.9 Å². The zero-order valence-electron chi connectivity index (χ0n) is 10.0. The third kappa shape index (κ3) is 8.24. The molecular weight excluding hydrogens is 226 g/mol. The third-order valence-electron chi connectivity index (χ3n) is 2.29. The van der Waals surface area contributed by atoms with Crippen molar-refractivity contribution in [2.75, 3.05) is 13.1 Å². The van der Waals surface area contributed by atoms with E-state index in [0.717, 1.165) is 12.8 Å². The molecule has 0 aliphatic carbocycles. The number of carbonyl (C=O) groups excluding carboxylic acids is 1. The van der Waals surface area contributed by atoms with Crippen LogP contribution in [0.15, 0.2) is 0 Å². The van der Waals surface area contributed by atoms with Gasteiger partial charge >= 0.3 is 11.9 Å². The number of nitrogens with zero attached hydrogens (tertiary/aromatic N) is 1. The molecule has 0 aromatic carbocycles. The molecule has 0 atom stereocenters. The van der Waals surface area contributed by atoms with E-state index < -0.39 is 11.9 Å². The number of hydrogen-bond acceptors (Lipinski definition) is 3. The molecule has 0 bridgehead atoms. The lowest BCUT2D eigenvalue weighted by Gasteiger charge is -2.21. The fraction of sp³-hybridized carbons (Fsp3) is 0.727. The maximum absolute atomic E-state index is 11.7. The van der Waals surface area contributed by atoms with Crippen molar-refractivity contribution in [2.45, 2.75) is 39.0 Å². The van der Waals surface area contributed by atoms with Crippen molar-refractivity contribution in [1.82, 2.24) is 4.90 Å². The first-order valence-electron chi connectivity index (χ1n) is 5.68. The van der Waals surface area contributed by atoms with E-state index in [-0.39, 0.29) is 31.8 Å². The number of hydrogen-bond donors (Lipinski definition) is 2. The SMILES string of the molecule is CCCCC(=O)N(CCC(=O)O)CCC(=O)O. The van der Waals surface area contributed by atoms with Crippen molar-refractivity contribution in [3.05, 3.63) is 0 Å². The minimum absolute atomic E-state index is 0.0746. The predicted molar refractivity (Wildman–Crippen MR) is 60.6 cm³/mol. The molecule has 0 spiro atoms. The molecule has 17 heavy (non-hydrogen) atoms. The van der Waals surface area contributed by atoms with Crippen LogP contribution in [-0.2, 0) is 14.4 Å². The van der Waals surface area contributed by atoms with E-state index in [2.05, 4.69) is 0 Å². The van der Waals surface area contributed by atoms with Crippen LogP contribution in [0, 0.1) is 0 Å². The molecule has 0 heterocycles. The zero-order valence-corrected chi connectivity index (χ0v) is 10.0. The van der Waals surface area contributed by atoms with Gasteiger partial charge in [-0.15, -0.1) is 0 Å². The molecule has 6 nitrogen and oxygen atoms in total. The Morgan fingerprint density at radius 3 is 1.76 bits per heavy atom. The molecule has 0 saturated heterocycles. The summed E-state index contributed by atoms with van der Waals surface area (Å²) in [6.07, 6.45) is 1.64. The Kier molecular flexibility index (Phi) is 7.75. The predicted octanol–water partition coefficient (Wildman–Crippen LogP) is 0.955. The Morgan fingerprint density at radius 2 is 1.41 bits per heavy atom. The lowest BCUT2D eigenvalue weighted by molar-refractivity contribution is -0.139. The Balaban J connectivity index is 4.21.